The van der Waals surface area contributed by atoms with Crippen LogP contribution in [0.1, 0.15) is 37.1 Å². The predicted octanol–water partition coefficient (Wildman–Crippen LogP) is 4.33. The summed E-state index contributed by atoms with van der Waals surface area (Å²) >= 11 is 0. The van der Waals surface area contributed by atoms with E-state index in [0.29, 0.717) is 24.7 Å². The number of hydrogen-bond acceptors (Lipinski definition) is 5. The van der Waals surface area contributed by atoms with Gasteiger partial charge in [-0.3, -0.25) is 4.79 Å². The molecule has 2 aromatic carbocycles. The van der Waals surface area contributed by atoms with E-state index in [1.54, 1.807) is 4.90 Å². The third kappa shape index (κ3) is 3.26. The first-order chi connectivity index (χ1) is 14.6. The van der Waals surface area contributed by atoms with Crippen LogP contribution in [0.5, 0.6) is 0 Å². The van der Waals surface area contributed by atoms with Gasteiger partial charge in [0.25, 0.3) is 0 Å². The summed E-state index contributed by atoms with van der Waals surface area (Å²) in [7, 11) is 0. The van der Waals surface area contributed by atoms with Crippen LogP contribution in [0.3, 0.4) is 0 Å². The van der Waals surface area contributed by atoms with Gasteiger partial charge in [0.1, 0.15) is 0 Å². The van der Waals surface area contributed by atoms with Crippen molar-refractivity contribution < 1.29 is 9.32 Å². The fourth-order valence-corrected chi connectivity index (χ4v) is 3.99. The molecule has 30 heavy (non-hydrogen) atoms. The third-order valence-electron chi connectivity index (χ3n) is 5.61. The van der Waals surface area contributed by atoms with Crippen molar-refractivity contribution in [3.63, 3.8) is 0 Å². The number of hydrogen-bond donors (Lipinski definition) is 0. The number of carbonyl (C=O) groups is 1. The molecule has 7 nitrogen and oxygen atoms in total. The molecule has 0 N–H and O–H groups in total. The van der Waals surface area contributed by atoms with Crippen LogP contribution in [0, 0.1) is 6.92 Å². The van der Waals surface area contributed by atoms with E-state index >= 15 is 0 Å². The van der Waals surface area contributed by atoms with Gasteiger partial charge in [-0.05, 0) is 43.7 Å². The first kappa shape index (κ1) is 18.5. The molecular weight excluding hydrogens is 378 g/mol. The SMILES string of the molecule is CCCn1cnc2cc(-c3noc([C@H]4CC(=O)N(c5ccc(C)cc5)C4)n3)ccc21. The third-order valence-corrected chi connectivity index (χ3v) is 5.61. The molecule has 1 atom stereocenters. The Hall–Kier alpha value is -3.48. The quantitative estimate of drug-likeness (QED) is 0.498. The van der Waals surface area contributed by atoms with Crippen LogP contribution in [0.4, 0.5) is 5.69 Å². The zero-order valence-electron chi connectivity index (χ0n) is 17.1. The summed E-state index contributed by atoms with van der Waals surface area (Å²) in [5.41, 5.74) is 4.94. The number of amides is 1. The van der Waals surface area contributed by atoms with Gasteiger partial charge in [-0.1, -0.05) is 29.8 Å². The highest BCUT2D eigenvalue weighted by molar-refractivity contribution is 5.96. The van der Waals surface area contributed by atoms with Crippen LogP contribution in [0.2, 0.25) is 0 Å². The largest absolute Gasteiger partial charge is 0.339 e. The maximum Gasteiger partial charge on any atom is 0.232 e. The van der Waals surface area contributed by atoms with Crippen molar-refractivity contribution in [3.8, 4) is 11.4 Å². The Morgan fingerprint density at radius 1 is 1.17 bits per heavy atom. The highest BCUT2D eigenvalue weighted by Gasteiger charge is 2.35. The molecule has 1 amide bonds. The molecule has 1 aliphatic rings. The molecule has 1 aliphatic heterocycles. The highest BCUT2D eigenvalue weighted by Crippen LogP contribution is 2.32. The van der Waals surface area contributed by atoms with Gasteiger partial charge in [0, 0.05) is 30.8 Å². The Balaban J connectivity index is 1.37. The van der Waals surface area contributed by atoms with Crippen LogP contribution in [-0.2, 0) is 11.3 Å². The van der Waals surface area contributed by atoms with E-state index in [1.807, 2.05) is 55.7 Å². The van der Waals surface area contributed by atoms with Gasteiger partial charge in [0.05, 0.1) is 23.3 Å². The first-order valence-corrected chi connectivity index (χ1v) is 10.3. The number of benzene rings is 2. The van der Waals surface area contributed by atoms with E-state index in [0.717, 1.165) is 35.2 Å². The average molecular weight is 401 g/mol. The summed E-state index contributed by atoms with van der Waals surface area (Å²) in [6.07, 6.45) is 3.29. The number of aryl methyl sites for hydroxylation is 2. The van der Waals surface area contributed by atoms with Gasteiger partial charge in [0.2, 0.25) is 17.6 Å². The molecule has 7 heteroatoms. The normalized spacial score (nSPS) is 16.7. The minimum absolute atomic E-state index is 0.0755. The second-order valence-corrected chi connectivity index (χ2v) is 7.84. The second-order valence-electron chi connectivity index (χ2n) is 7.84. The zero-order valence-corrected chi connectivity index (χ0v) is 17.1. The van der Waals surface area contributed by atoms with Crippen molar-refractivity contribution >= 4 is 22.6 Å². The van der Waals surface area contributed by atoms with Crippen LogP contribution in [0.25, 0.3) is 22.4 Å². The molecule has 0 aliphatic carbocycles. The van der Waals surface area contributed by atoms with Gasteiger partial charge in [-0.15, -0.1) is 0 Å². The lowest BCUT2D eigenvalue weighted by Gasteiger charge is -2.16. The van der Waals surface area contributed by atoms with Crippen molar-refractivity contribution in [2.75, 3.05) is 11.4 Å². The summed E-state index contributed by atoms with van der Waals surface area (Å²) in [6.45, 7) is 5.66. The highest BCUT2D eigenvalue weighted by atomic mass is 16.5. The second kappa shape index (κ2) is 7.40. The molecule has 152 valence electrons. The summed E-state index contributed by atoms with van der Waals surface area (Å²) < 4.78 is 7.69. The number of aromatic nitrogens is 4. The fraction of sp³-hybridized carbons (Fsp3) is 0.304. The van der Waals surface area contributed by atoms with Crippen LogP contribution in [-0.4, -0.2) is 32.1 Å². The topological polar surface area (TPSA) is 77.0 Å². The van der Waals surface area contributed by atoms with E-state index in [2.05, 4.69) is 26.6 Å². The summed E-state index contributed by atoms with van der Waals surface area (Å²) in [6, 6.07) is 14.0. The Bertz CT molecular complexity index is 1210. The Morgan fingerprint density at radius 2 is 2.00 bits per heavy atom. The Kier molecular flexibility index (Phi) is 4.58. The van der Waals surface area contributed by atoms with Crippen molar-refractivity contribution in [2.24, 2.45) is 0 Å². The summed E-state index contributed by atoms with van der Waals surface area (Å²) in [5, 5.41) is 4.16. The molecule has 0 saturated carbocycles. The number of carbonyl (C=O) groups excluding carboxylic acids is 1. The monoisotopic (exact) mass is 401 g/mol. The van der Waals surface area contributed by atoms with Gasteiger partial charge < -0.3 is 14.0 Å². The molecule has 1 saturated heterocycles. The molecule has 0 radical (unpaired) electrons. The van der Waals surface area contributed by atoms with Gasteiger partial charge in [-0.2, -0.15) is 4.98 Å². The number of fused-ring (bicyclic) bond motifs is 1. The smallest absolute Gasteiger partial charge is 0.232 e. The molecule has 0 spiro atoms. The van der Waals surface area contributed by atoms with Crippen molar-refractivity contribution in [1.29, 1.82) is 0 Å². The van der Waals surface area contributed by atoms with E-state index in [-0.39, 0.29) is 11.8 Å². The van der Waals surface area contributed by atoms with Crippen molar-refractivity contribution in [2.45, 2.75) is 39.2 Å². The Morgan fingerprint density at radius 3 is 2.80 bits per heavy atom. The molecule has 1 fully saturated rings. The molecule has 3 heterocycles. The minimum atomic E-state index is -0.104. The maximum absolute atomic E-state index is 12.5. The molecule has 0 bridgehead atoms. The lowest BCUT2D eigenvalue weighted by molar-refractivity contribution is -0.117. The van der Waals surface area contributed by atoms with Gasteiger partial charge in [0.15, 0.2) is 0 Å². The van der Waals surface area contributed by atoms with Crippen LogP contribution >= 0.6 is 0 Å². The summed E-state index contributed by atoms with van der Waals surface area (Å²) in [5.74, 6) is 1.00. The summed E-state index contributed by atoms with van der Waals surface area (Å²) in [4.78, 5) is 23.4. The molecular formula is C23H23N5O2. The van der Waals surface area contributed by atoms with Gasteiger partial charge in [-0.25, -0.2) is 4.98 Å². The molecule has 4 aromatic rings. The van der Waals surface area contributed by atoms with Crippen molar-refractivity contribution in [3.05, 3.63) is 60.2 Å². The number of nitrogens with zero attached hydrogens (tertiary/aromatic N) is 5. The number of imidazole rings is 1. The van der Waals surface area contributed by atoms with E-state index < -0.39 is 0 Å². The van der Waals surface area contributed by atoms with Crippen LogP contribution < -0.4 is 4.90 Å². The van der Waals surface area contributed by atoms with E-state index in [9.17, 15) is 4.79 Å². The Labute approximate surface area is 174 Å². The average Bonchev–Trinajstić information content (AvgIpc) is 3.47. The molecule has 0 unspecified atom stereocenters. The lowest BCUT2D eigenvalue weighted by atomic mass is 10.1. The molecule has 2 aromatic heterocycles. The van der Waals surface area contributed by atoms with Gasteiger partial charge >= 0.3 is 0 Å². The lowest BCUT2D eigenvalue weighted by Crippen LogP contribution is -2.24. The van der Waals surface area contributed by atoms with Crippen molar-refractivity contribution in [1.82, 2.24) is 19.7 Å². The minimum Gasteiger partial charge on any atom is -0.339 e. The number of anilines is 1. The van der Waals surface area contributed by atoms with E-state index in [4.69, 9.17) is 4.52 Å². The molecule has 5 rings (SSSR count). The first-order valence-electron chi connectivity index (χ1n) is 10.3. The number of rotatable bonds is 5. The van der Waals surface area contributed by atoms with Crippen LogP contribution in [0.15, 0.2) is 53.3 Å². The fourth-order valence-electron chi connectivity index (χ4n) is 3.99. The standard InChI is InChI=1S/C23H23N5O2/c1-3-10-27-14-24-19-11-16(6-9-20(19)27)22-25-23(30-26-22)17-12-21(29)28(13-17)18-7-4-15(2)5-8-18/h4-9,11,14,17H,3,10,12-13H2,1-2H3/t17-/m0/s1. The predicted molar refractivity (Wildman–Crippen MR) is 114 cm³/mol. The maximum atomic E-state index is 12.5. The van der Waals surface area contributed by atoms with E-state index in [1.165, 1.54) is 5.56 Å². The zero-order chi connectivity index (χ0) is 20.7.